The summed E-state index contributed by atoms with van der Waals surface area (Å²) in [6.45, 7) is 1.87. The first-order chi connectivity index (χ1) is 14.4. The molecule has 0 aliphatic carbocycles. The average Bonchev–Trinajstić information content (AvgIpc) is 2.71. The van der Waals surface area contributed by atoms with Gasteiger partial charge in [0.25, 0.3) is 0 Å². The number of aryl methyl sites for hydroxylation is 1. The number of benzene rings is 2. The molecule has 156 valence electrons. The SMILES string of the molecule is CCOC(=O)Nc1ccc2c(COC(=O)CCc3ccc(Cl)cc3)cc(=O)oc2c1. The Morgan fingerprint density at radius 1 is 1.07 bits per heavy atom. The lowest BCUT2D eigenvalue weighted by molar-refractivity contribution is -0.144. The molecule has 0 atom stereocenters. The highest BCUT2D eigenvalue weighted by Crippen LogP contribution is 2.22. The third kappa shape index (κ3) is 5.84. The van der Waals surface area contributed by atoms with E-state index in [4.69, 9.17) is 25.5 Å². The number of halogens is 1. The summed E-state index contributed by atoms with van der Waals surface area (Å²) in [5, 5.41) is 3.78. The molecule has 30 heavy (non-hydrogen) atoms. The molecule has 0 aliphatic rings. The van der Waals surface area contributed by atoms with Crippen LogP contribution >= 0.6 is 11.6 Å². The molecular weight excluding hydrogens is 410 g/mol. The Bertz CT molecular complexity index is 1110. The smallest absolute Gasteiger partial charge is 0.411 e. The van der Waals surface area contributed by atoms with Crippen LogP contribution in [-0.2, 0) is 27.3 Å². The number of amides is 1. The Kier molecular flexibility index (Phi) is 7.08. The predicted octanol–water partition coefficient (Wildman–Crippen LogP) is 4.69. The van der Waals surface area contributed by atoms with Crippen molar-refractivity contribution in [1.82, 2.24) is 0 Å². The van der Waals surface area contributed by atoms with E-state index < -0.39 is 11.7 Å². The van der Waals surface area contributed by atoms with Crippen LogP contribution in [0.4, 0.5) is 10.5 Å². The first-order valence-corrected chi connectivity index (χ1v) is 9.73. The monoisotopic (exact) mass is 429 g/mol. The first kappa shape index (κ1) is 21.4. The third-order valence-electron chi connectivity index (χ3n) is 4.27. The predicted molar refractivity (Wildman–Crippen MR) is 113 cm³/mol. The van der Waals surface area contributed by atoms with Crippen molar-refractivity contribution in [3.63, 3.8) is 0 Å². The van der Waals surface area contributed by atoms with E-state index in [0.717, 1.165) is 5.56 Å². The van der Waals surface area contributed by atoms with Crippen molar-refractivity contribution in [3.8, 4) is 0 Å². The van der Waals surface area contributed by atoms with Crippen LogP contribution in [-0.4, -0.2) is 18.7 Å². The summed E-state index contributed by atoms with van der Waals surface area (Å²) in [4.78, 5) is 35.5. The molecule has 1 aromatic heterocycles. The van der Waals surface area contributed by atoms with E-state index in [1.807, 2.05) is 12.1 Å². The number of carbonyl (C=O) groups is 2. The zero-order valence-electron chi connectivity index (χ0n) is 16.3. The Morgan fingerprint density at radius 3 is 2.57 bits per heavy atom. The van der Waals surface area contributed by atoms with Crippen molar-refractivity contribution in [2.75, 3.05) is 11.9 Å². The molecule has 1 heterocycles. The summed E-state index contributed by atoms with van der Waals surface area (Å²) in [6, 6.07) is 13.4. The molecule has 2 aromatic carbocycles. The Labute approximate surface area is 177 Å². The van der Waals surface area contributed by atoms with Gasteiger partial charge in [-0.2, -0.15) is 0 Å². The van der Waals surface area contributed by atoms with E-state index in [9.17, 15) is 14.4 Å². The van der Waals surface area contributed by atoms with Gasteiger partial charge in [0.1, 0.15) is 12.2 Å². The van der Waals surface area contributed by atoms with Gasteiger partial charge in [0, 0.05) is 40.2 Å². The standard InChI is InChI=1S/C22H20ClNO6/c1-2-28-22(27)24-17-8-9-18-15(11-21(26)30-19(18)12-17)13-29-20(25)10-5-14-3-6-16(23)7-4-14/h3-4,6-9,11-12H,2,5,10,13H2,1H3,(H,24,27). The van der Waals surface area contributed by atoms with E-state index in [1.165, 1.54) is 12.1 Å². The van der Waals surface area contributed by atoms with Gasteiger partial charge in [-0.15, -0.1) is 0 Å². The van der Waals surface area contributed by atoms with E-state index >= 15 is 0 Å². The number of carbonyl (C=O) groups excluding carboxylic acids is 2. The zero-order valence-corrected chi connectivity index (χ0v) is 17.0. The van der Waals surface area contributed by atoms with Crippen molar-refractivity contribution < 1.29 is 23.5 Å². The summed E-state index contributed by atoms with van der Waals surface area (Å²) >= 11 is 5.85. The fourth-order valence-electron chi connectivity index (χ4n) is 2.84. The van der Waals surface area contributed by atoms with Gasteiger partial charge < -0.3 is 13.9 Å². The van der Waals surface area contributed by atoms with Gasteiger partial charge in [0.05, 0.1) is 6.61 Å². The molecular formula is C22H20ClNO6. The molecule has 0 saturated carbocycles. The summed E-state index contributed by atoms with van der Waals surface area (Å²) in [6.07, 6.45) is 0.121. The topological polar surface area (TPSA) is 94.8 Å². The van der Waals surface area contributed by atoms with E-state index in [0.29, 0.717) is 28.1 Å². The fraction of sp³-hybridized carbons (Fsp3) is 0.227. The van der Waals surface area contributed by atoms with Crippen molar-refractivity contribution in [3.05, 3.63) is 75.1 Å². The number of rotatable bonds is 7. The van der Waals surface area contributed by atoms with Crippen molar-refractivity contribution >= 4 is 40.3 Å². The van der Waals surface area contributed by atoms with Crippen LogP contribution in [0.2, 0.25) is 5.02 Å². The number of anilines is 1. The molecule has 0 bridgehead atoms. The number of hydrogen-bond acceptors (Lipinski definition) is 6. The highest BCUT2D eigenvalue weighted by atomic mass is 35.5. The molecule has 8 heteroatoms. The van der Waals surface area contributed by atoms with Gasteiger partial charge in [0.15, 0.2) is 0 Å². The fourth-order valence-corrected chi connectivity index (χ4v) is 2.97. The molecule has 1 N–H and O–H groups in total. The number of nitrogens with one attached hydrogen (secondary N) is 1. The molecule has 0 spiro atoms. The lowest BCUT2D eigenvalue weighted by Gasteiger charge is -2.09. The van der Waals surface area contributed by atoms with E-state index in [1.54, 1.807) is 31.2 Å². The Balaban J connectivity index is 1.66. The Morgan fingerprint density at radius 2 is 1.83 bits per heavy atom. The highest BCUT2D eigenvalue weighted by Gasteiger charge is 2.11. The lowest BCUT2D eigenvalue weighted by Crippen LogP contribution is -2.13. The second-order valence-electron chi connectivity index (χ2n) is 6.43. The minimum atomic E-state index is -0.607. The van der Waals surface area contributed by atoms with Gasteiger partial charge >= 0.3 is 17.7 Å². The maximum Gasteiger partial charge on any atom is 0.411 e. The molecule has 0 unspecified atom stereocenters. The maximum atomic E-state index is 12.1. The summed E-state index contributed by atoms with van der Waals surface area (Å²) < 4.78 is 15.4. The van der Waals surface area contributed by atoms with Crippen molar-refractivity contribution in [2.45, 2.75) is 26.4 Å². The normalized spacial score (nSPS) is 10.6. The van der Waals surface area contributed by atoms with Crippen LogP contribution in [0.25, 0.3) is 11.0 Å². The molecule has 3 rings (SSSR count). The number of hydrogen-bond donors (Lipinski definition) is 1. The minimum Gasteiger partial charge on any atom is -0.461 e. The summed E-state index contributed by atoms with van der Waals surface area (Å²) in [7, 11) is 0. The average molecular weight is 430 g/mol. The van der Waals surface area contributed by atoms with Crippen LogP contribution in [0, 0.1) is 0 Å². The molecule has 3 aromatic rings. The third-order valence-corrected chi connectivity index (χ3v) is 4.52. The molecule has 1 amide bonds. The molecule has 0 radical (unpaired) electrons. The van der Waals surface area contributed by atoms with Crippen LogP contribution in [0.3, 0.4) is 0 Å². The van der Waals surface area contributed by atoms with Gasteiger partial charge in [-0.1, -0.05) is 23.7 Å². The minimum absolute atomic E-state index is 0.0633. The van der Waals surface area contributed by atoms with Gasteiger partial charge in [-0.05, 0) is 43.2 Å². The van der Waals surface area contributed by atoms with Crippen LogP contribution in [0.1, 0.15) is 24.5 Å². The van der Waals surface area contributed by atoms with Crippen molar-refractivity contribution in [2.24, 2.45) is 0 Å². The number of esters is 1. The summed E-state index contributed by atoms with van der Waals surface area (Å²) in [5.74, 6) is -0.382. The quantitative estimate of drug-likeness (QED) is 0.432. The van der Waals surface area contributed by atoms with Gasteiger partial charge in [0.2, 0.25) is 0 Å². The van der Waals surface area contributed by atoms with Crippen molar-refractivity contribution in [1.29, 1.82) is 0 Å². The largest absolute Gasteiger partial charge is 0.461 e. The lowest BCUT2D eigenvalue weighted by atomic mass is 10.1. The number of fused-ring (bicyclic) bond motifs is 1. The number of ether oxygens (including phenoxy) is 2. The Hall–Kier alpha value is -3.32. The molecule has 0 aliphatic heterocycles. The molecule has 7 nitrogen and oxygen atoms in total. The second kappa shape index (κ2) is 9.93. The zero-order chi connectivity index (χ0) is 21.5. The van der Waals surface area contributed by atoms with Crippen LogP contribution in [0.5, 0.6) is 0 Å². The van der Waals surface area contributed by atoms with Gasteiger partial charge in [-0.25, -0.2) is 9.59 Å². The van der Waals surface area contributed by atoms with Crippen LogP contribution in [0.15, 0.2) is 57.7 Å². The van der Waals surface area contributed by atoms with E-state index in [-0.39, 0.29) is 31.2 Å². The van der Waals surface area contributed by atoms with Crippen LogP contribution < -0.4 is 10.9 Å². The first-order valence-electron chi connectivity index (χ1n) is 9.35. The second-order valence-corrected chi connectivity index (χ2v) is 6.87. The highest BCUT2D eigenvalue weighted by molar-refractivity contribution is 6.30. The summed E-state index contributed by atoms with van der Waals surface area (Å²) in [5.41, 5.74) is 1.60. The maximum absolute atomic E-state index is 12.1. The van der Waals surface area contributed by atoms with E-state index in [2.05, 4.69) is 5.32 Å². The molecule has 0 saturated heterocycles. The molecule has 0 fully saturated rings. The van der Waals surface area contributed by atoms with Gasteiger partial charge in [-0.3, -0.25) is 10.1 Å².